The second-order valence-corrected chi connectivity index (χ2v) is 6.94. The molecule has 0 bridgehead atoms. The van der Waals surface area contributed by atoms with E-state index in [1.165, 1.54) is 4.88 Å². The van der Waals surface area contributed by atoms with Crippen LogP contribution in [0.4, 0.5) is 5.69 Å². The maximum Gasteiger partial charge on any atom is 0.340 e. The lowest BCUT2D eigenvalue weighted by Crippen LogP contribution is -2.33. The number of esters is 1. The van der Waals surface area contributed by atoms with E-state index in [0.29, 0.717) is 30.4 Å². The Morgan fingerprint density at radius 3 is 2.88 bits per heavy atom. The maximum atomic E-state index is 12.5. The number of carbonyl (C=O) groups excluding carboxylic acids is 2. The molecule has 0 aliphatic carbocycles. The Bertz CT molecular complexity index is 730. The summed E-state index contributed by atoms with van der Waals surface area (Å²) in [6, 6.07) is 11.4. The van der Waals surface area contributed by atoms with Gasteiger partial charge in [-0.15, -0.1) is 11.3 Å². The van der Waals surface area contributed by atoms with Crippen LogP contribution in [0, 0.1) is 0 Å². The van der Waals surface area contributed by atoms with Crippen LogP contribution in [0.3, 0.4) is 0 Å². The maximum absolute atomic E-state index is 12.5. The molecule has 1 aliphatic rings. The number of hydrogen-bond donors (Lipinski definition) is 1. The third-order valence-corrected chi connectivity index (χ3v) is 5.25. The average Bonchev–Trinajstić information content (AvgIpc) is 3.26. The molecule has 1 aliphatic heterocycles. The summed E-state index contributed by atoms with van der Waals surface area (Å²) in [5.41, 5.74) is 0.881. The predicted octanol–water partition coefficient (Wildman–Crippen LogP) is 3.70. The Kier molecular flexibility index (Phi) is 5.83. The fraction of sp³-hybridized carbons (Fsp3) is 0.368. The van der Waals surface area contributed by atoms with Crippen molar-refractivity contribution in [1.82, 2.24) is 4.90 Å². The van der Waals surface area contributed by atoms with Crippen LogP contribution in [0.15, 0.2) is 41.8 Å². The second-order valence-electron chi connectivity index (χ2n) is 5.96. The van der Waals surface area contributed by atoms with Crippen molar-refractivity contribution in [3.63, 3.8) is 0 Å². The molecule has 2 aromatic rings. The lowest BCUT2D eigenvalue weighted by atomic mass is 10.1. The van der Waals surface area contributed by atoms with Crippen LogP contribution in [0.5, 0.6) is 0 Å². The molecule has 1 saturated heterocycles. The van der Waals surface area contributed by atoms with Crippen LogP contribution >= 0.6 is 11.3 Å². The molecule has 2 heterocycles. The number of benzene rings is 1. The Labute approximate surface area is 151 Å². The number of nitrogens with zero attached hydrogens (tertiary/aromatic N) is 1. The molecule has 25 heavy (non-hydrogen) atoms. The van der Waals surface area contributed by atoms with Gasteiger partial charge in [0.25, 0.3) is 0 Å². The van der Waals surface area contributed by atoms with Crippen LogP contribution in [0.1, 0.15) is 41.0 Å². The Morgan fingerprint density at radius 2 is 2.12 bits per heavy atom. The smallest absolute Gasteiger partial charge is 0.340 e. The molecule has 5 nitrogen and oxygen atoms in total. The molecule has 0 saturated carbocycles. The molecule has 0 radical (unpaired) electrons. The number of para-hydroxylation sites is 1. The summed E-state index contributed by atoms with van der Waals surface area (Å²) < 4.78 is 5.05. The number of ether oxygens (including phenoxy) is 1. The first-order valence-electron chi connectivity index (χ1n) is 8.52. The Hall–Kier alpha value is -2.18. The van der Waals surface area contributed by atoms with E-state index >= 15 is 0 Å². The van der Waals surface area contributed by atoms with Crippen LogP contribution in [-0.4, -0.2) is 36.5 Å². The number of carbonyl (C=O) groups is 2. The second kappa shape index (κ2) is 8.27. The van der Waals surface area contributed by atoms with Crippen LogP contribution in [-0.2, 0) is 9.53 Å². The van der Waals surface area contributed by atoms with Crippen LogP contribution in [0.2, 0.25) is 0 Å². The van der Waals surface area contributed by atoms with E-state index in [-0.39, 0.29) is 5.91 Å². The fourth-order valence-electron chi connectivity index (χ4n) is 3.17. The third kappa shape index (κ3) is 4.27. The van der Waals surface area contributed by atoms with Crippen molar-refractivity contribution in [1.29, 1.82) is 0 Å². The van der Waals surface area contributed by atoms with Crippen molar-refractivity contribution < 1.29 is 14.3 Å². The number of thiophene rings is 1. The lowest BCUT2D eigenvalue weighted by molar-refractivity contribution is -0.117. The molecule has 6 heteroatoms. The molecule has 0 unspecified atom stereocenters. The quantitative estimate of drug-likeness (QED) is 0.800. The van der Waals surface area contributed by atoms with Gasteiger partial charge < -0.3 is 10.1 Å². The van der Waals surface area contributed by atoms with Gasteiger partial charge in [-0.1, -0.05) is 18.2 Å². The van der Waals surface area contributed by atoms with Crippen molar-refractivity contribution in [2.24, 2.45) is 0 Å². The molecule has 1 atom stereocenters. The summed E-state index contributed by atoms with van der Waals surface area (Å²) in [5.74, 6) is -0.531. The van der Waals surface area contributed by atoms with Gasteiger partial charge >= 0.3 is 5.97 Å². The highest BCUT2D eigenvalue weighted by atomic mass is 32.1. The van der Waals surface area contributed by atoms with E-state index in [9.17, 15) is 9.59 Å². The van der Waals surface area contributed by atoms with Crippen molar-refractivity contribution in [2.45, 2.75) is 25.8 Å². The zero-order valence-corrected chi connectivity index (χ0v) is 15.1. The van der Waals surface area contributed by atoms with Gasteiger partial charge in [0.05, 0.1) is 24.4 Å². The highest BCUT2D eigenvalue weighted by Gasteiger charge is 2.28. The number of likely N-dealkylation sites (tertiary alicyclic amines) is 1. The van der Waals surface area contributed by atoms with Crippen molar-refractivity contribution >= 4 is 28.9 Å². The van der Waals surface area contributed by atoms with E-state index in [2.05, 4.69) is 21.7 Å². The molecule has 1 aromatic carbocycles. The summed E-state index contributed by atoms with van der Waals surface area (Å²) in [7, 11) is 0. The van der Waals surface area contributed by atoms with Crippen LogP contribution in [0.25, 0.3) is 0 Å². The van der Waals surface area contributed by atoms with Gasteiger partial charge in [-0.25, -0.2) is 4.79 Å². The SMILES string of the molecule is CCOC(=O)c1ccccc1NC(=O)CN1CCC[C@@H]1c1cccs1. The van der Waals surface area contributed by atoms with Crippen molar-refractivity contribution in [3.8, 4) is 0 Å². The number of nitrogens with one attached hydrogen (secondary N) is 1. The molecule has 132 valence electrons. The predicted molar refractivity (Wildman–Crippen MR) is 98.9 cm³/mol. The van der Waals surface area contributed by atoms with Crippen LogP contribution < -0.4 is 5.32 Å². The highest BCUT2D eigenvalue weighted by molar-refractivity contribution is 7.10. The van der Waals surface area contributed by atoms with Gasteiger partial charge in [0.1, 0.15) is 0 Å². The Balaban J connectivity index is 1.66. The summed E-state index contributed by atoms with van der Waals surface area (Å²) in [4.78, 5) is 28.0. The van der Waals surface area contributed by atoms with Gasteiger partial charge in [-0.2, -0.15) is 0 Å². The summed E-state index contributed by atoms with van der Waals surface area (Å²) in [5, 5.41) is 4.94. The zero-order valence-electron chi connectivity index (χ0n) is 14.2. The summed E-state index contributed by atoms with van der Waals surface area (Å²) >= 11 is 1.73. The van der Waals surface area contributed by atoms with Crippen molar-refractivity contribution in [3.05, 3.63) is 52.2 Å². The molecule has 3 rings (SSSR count). The molecule has 1 fully saturated rings. The normalized spacial score (nSPS) is 17.4. The monoisotopic (exact) mass is 358 g/mol. The largest absolute Gasteiger partial charge is 0.462 e. The molecule has 1 N–H and O–H groups in total. The first kappa shape index (κ1) is 17.6. The van der Waals surface area contributed by atoms with Crippen molar-refractivity contribution in [2.75, 3.05) is 25.0 Å². The average molecular weight is 358 g/mol. The summed E-state index contributed by atoms with van der Waals surface area (Å²) in [6.07, 6.45) is 2.17. The topological polar surface area (TPSA) is 58.6 Å². The van der Waals surface area contributed by atoms with Gasteiger partial charge in [0.2, 0.25) is 5.91 Å². The van der Waals surface area contributed by atoms with Gasteiger partial charge in [0, 0.05) is 10.9 Å². The minimum absolute atomic E-state index is 0.111. The molecular formula is C19H22N2O3S. The first-order chi connectivity index (χ1) is 12.2. The lowest BCUT2D eigenvalue weighted by Gasteiger charge is -2.23. The van der Waals surface area contributed by atoms with Gasteiger partial charge in [-0.05, 0) is 49.9 Å². The zero-order chi connectivity index (χ0) is 17.6. The fourth-order valence-corrected chi connectivity index (χ4v) is 4.07. The number of rotatable bonds is 6. The van der Waals surface area contributed by atoms with Gasteiger partial charge in [-0.3, -0.25) is 9.69 Å². The number of anilines is 1. The molecule has 1 amide bonds. The standard InChI is InChI=1S/C19H22N2O3S/c1-2-24-19(23)14-7-3-4-8-15(14)20-18(22)13-21-11-5-9-16(21)17-10-6-12-25-17/h3-4,6-8,10,12,16H,2,5,9,11,13H2,1H3,(H,20,22)/t16-/m1/s1. The first-order valence-corrected chi connectivity index (χ1v) is 9.40. The van der Waals surface area contributed by atoms with E-state index in [1.807, 2.05) is 6.07 Å². The summed E-state index contributed by atoms with van der Waals surface area (Å²) in [6.45, 7) is 3.30. The van der Waals surface area contributed by atoms with E-state index in [4.69, 9.17) is 4.74 Å². The molecular weight excluding hydrogens is 336 g/mol. The van der Waals surface area contributed by atoms with E-state index in [1.54, 1.807) is 42.5 Å². The highest BCUT2D eigenvalue weighted by Crippen LogP contribution is 2.34. The third-order valence-electron chi connectivity index (χ3n) is 4.28. The molecule has 0 spiro atoms. The van der Waals surface area contributed by atoms with Gasteiger partial charge in [0.15, 0.2) is 0 Å². The minimum Gasteiger partial charge on any atom is -0.462 e. The Morgan fingerprint density at radius 1 is 1.28 bits per heavy atom. The van der Waals surface area contributed by atoms with E-state index in [0.717, 1.165) is 19.4 Å². The van der Waals surface area contributed by atoms with E-state index < -0.39 is 5.97 Å². The molecule has 1 aromatic heterocycles. The number of hydrogen-bond acceptors (Lipinski definition) is 5. The number of amides is 1. The minimum atomic E-state index is -0.420.